The van der Waals surface area contributed by atoms with Crippen molar-refractivity contribution >= 4 is 11.8 Å². The van der Waals surface area contributed by atoms with Crippen molar-refractivity contribution in [1.82, 2.24) is 0 Å². The van der Waals surface area contributed by atoms with E-state index in [0.717, 1.165) is 6.42 Å². The van der Waals surface area contributed by atoms with Gasteiger partial charge < -0.3 is 5.11 Å². The maximum absolute atomic E-state index is 10.2. The lowest BCUT2D eigenvalue weighted by Gasteiger charge is -2.30. The molecule has 1 nitrogen and oxygen atoms in total. The van der Waals surface area contributed by atoms with Gasteiger partial charge in [0.2, 0.25) is 0 Å². The zero-order chi connectivity index (χ0) is 17.0. The van der Waals surface area contributed by atoms with Gasteiger partial charge in [-0.15, -0.1) is 0 Å². The first kappa shape index (κ1) is 19.4. The summed E-state index contributed by atoms with van der Waals surface area (Å²) < 4.78 is 0. The second-order valence-electron chi connectivity index (χ2n) is 8.24. The highest BCUT2D eigenvalue weighted by molar-refractivity contribution is 7.99. The Morgan fingerprint density at radius 3 is 1.82 bits per heavy atom. The van der Waals surface area contributed by atoms with Gasteiger partial charge in [0.15, 0.2) is 0 Å². The fourth-order valence-electron chi connectivity index (χ4n) is 2.86. The number of aromatic hydroxyl groups is 1. The van der Waals surface area contributed by atoms with Gasteiger partial charge in [0.25, 0.3) is 0 Å². The van der Waals surface area contributed by atoms with Crippen LogP contribution in [-0.2, 0) is 17.3 Å². The van der Waals surface area contributed by atoms with E-state index in [-0.39, 0.29) is 10.8 Å². The third-order valence-electron chi connectivity index (χ3n) is 3.91. The zero-order valence-corrected chi connectivity index (χ0v) is 16.4. The van der Waals surface area contributed by atoms with Crippen molar-refractivity contribution < 1.29 is 5.11 Å². The first-order chi connectivity index (χ1) is 10.1. The second kappa shape index (κ2) is 7.77. The summed E-state index contributed by atoms with van der Waals surface area (Å²) in [4.78, 5) is 0. The summed E-state index contributed by atoms with van der Waals surface area (Å²) in [6.45, 7) is 15.7. The molecule has 0 radical (unpaired) electrons. The van der Waals surface area contributed by atoms with Crippen LogP contribution >= 0.6 is 11.8 Å². The van der Waals surface area contributed by atoms with Crippen molar-refractivity contribution in [3.05, 3.63) is 28.8 Å². The van der Waals surface area contributed by atoms with Crippen LogP contribution in [0.5, 0.6) is 5.75 Å². The van der Waals surface area contributed by atoms with Crippen LogP contribution < -0.4 is 0 Å². The normalized spacial score (nSPS) is 12.7. The van der Waals surface area contributed by atoms with Gasteiger partial charge in [-0.3, -0.25) is 0 Å². The van der Waals surface area contributed by atoms with E-state index in [1.54, 1.807) is 0 Å². The number of benzene rings is 1. The predicted molar refractivity (Wildman–Crippen MR) is 101 cm³/mol. The fraction of sp³-hybridized carbons (Fsp3) is 0.700. The highest BCUT2D eigenvalue weighted by Crippen LogP contribution is 2.37. The first-order valence-corrected chi connectivity index (χ1v) is 9.67. The van der Waals surface area contributed by atoms with E-state index < -0.39 is 0 Å². The largest absolute Gasteiger partial charge is 0.508 e. The molecule has 0 atom stereocenters. The molecule has 1 aromatic carbocycles. The second-order valence-corrected chi connectivity index (χ2v) is 9.46. The van der Waals surface area contributed by atoms with Crippen LogP contribution in [0, 0.1) is 0 Å². The minimum atomic E-state index is 0.0602. The van der Waals surface area contributed by atoms with Gasteiger partial charge in [0.05, 0.1) is 0 Å². The number of phenolic OH excluding ortho intramolecular Hbond substituents is 1. The van der Waals surface area contributed by atoms with E-state index in [1.165, 1.54) is 41.0 Å². The van der Waals surface area contributed by atoms with Crippen molar-refractivity contribution in [2.24, 2.45) is 0 Å². The highest BCUT2D eigenvalue weighted by Gasteiger charge is 2.26. The van der Waals surface area contributed by atoms with Gasteiger partial charge >= 0.3 is 0 Å². The lowest BCUT2D eigenvalue weighted by atomic mass is 9.75. The molecule has 0 amide bonds. The van der Waals surface area contributed by atoms with Crippen LogP contribution in [0.1, 0.15) is 78.0 Å². The lowest BCUT2D eigenvalue weighted by Crippen LogP contribution is -2.21. The Bertz CT molecular complexity index is 442. The van der Waals surface area contributed by atoms with E-state index in [9.17, 15) is 5.11 Å². The SMILES string of the molecule is CCCSCCCc1c(C(C)(C)C)cc(O)cc1C(C)(C)C. The van der Waals surface area contributed by atoms with Crippen molar-refractivity contribution in [2.75, 3.05) is 11.5 Å². The molecular formula is C20H34OS. The highest BCUT2D eigenvalue weighted by atomic mass is 32.2. The van der Waals surface area contributed by atoms with Crippen LogP contribution in [0.3, 0.4) is 0 Å². The molecule has 22 heavy (non-hydrogen) atoms. The molecule has 0 aliphatic rings. The minimum Gasteiger partial charge on any atom is -0.508 e. The molecule has 0 aliphatic carbocycles. The van der Waals surface area contributed by atoms with Crippen LogP contribution in [0.2, 0.25) is 0 Å². The molecular weight excluding hydrogens is 288 g/mol. The summed E-state index contributed by atoms with van der Waals surface area (Å²) in [6, 6.07) is 3.95. The monoisotopic (exact) mass is 322 g/mol. The summed E-state index contributed by atoms with van der Waals surface area (Å²) in [5.41, 5.74) is 4.18. The van der Waals surface area contributed by atoms with Gasteiger partial charge in [-0.2, -0.15) is 11.8 Å². The van der Waals surface area contributed by atoms with Crippen LogP contribution in [0.4, 0.5) is 0 Å². The Morgan fingerprint density at radius 1 is 0.909 bits per heavy atom. The maximum Gasteiger partial charge on any atom is 0.116 e. The van der Waals surface area contributed by atoms with E-state index in [0.29, 0.717) is 5.75 Å². The van der Waals surface area contributed by atoms with Crippen molar-refractivity contribution in [3.63, 3.8) is 0 Å². The summed E-state index contributed by atoms with van der Waals surface area (Å²) in [7, 11) is 0. The standard InChI is InChI=1S/C20H34OS/c1-8-11-22-12-9-10-16-17(19(2,3)4)13-15(21)14-18(16)20(5,6)7/h13-14,21H,8-12H2,1-7H3. The quantitative estimate of drug-likeness (QED) is 0.642. The van der Waals surface area contributed by atoms with E-state index >= 15 is 0 Å². The molecule has 0 heterocycles. The van der Waals surface area contributed by atoms with Crippen LogP contribution in [0.25, 0.3) is 0 Å². The molecule has 0 saturated heterocycles. The Labute approximate surface area is 141 Å². The minimum absolute atomic E-state index is 0.0602. The Morgan fingerprint density at radius 2 is 1.41 bits per heavy atom. The summed E-state index contributed by atoms with van der Waals surface area (Å²) >= 11 is 2.05. The van der Waals surface area contributed by atoms with Crippen LogP contribution in [0.15, 0.2) is 12.1 Å². The van der Waals surface area contributed by atoms with Crippen molar-refractivity contribution in [1.29, 1.82) is 0 Å². The lowest BCUT2D eigenvalue weighted by molar-refractivity contribution is 0.463. The molecule has 1 N–H and O–H groups in total. The Kier molecular flexibility index (Phi) is 6.85. The summed E-state index contributed by atoms with van der Waals surface area (Å²) in [5, 5.41) is 10.2. The van der Waals surface area contributed by atoms with Gasteiger partial charge in [-0.1, -0.05) is 48.5 Å². The number of hydrogen-bond acceptors (Lipinski definition) is 2. The Hall–Kier alpha value is -0.630. The van der Waals surface area contributed by atoms with Gasteiger partial charge in [0, 0.05) is 0 Å². The Balaban J connectivity index is 3.14. The molecule has 0 unspecified atom stereocenters. The smallest absolute Gasteiger partial charge is 0.116 e. The van der Waals surface area contributed by atoms with Gasteiger partial charge in [-0.05, 0) is 70.4 Å². The van der Waals surface area contributed by atoms with Gasteiger partial charge in [-0.25, -0.2) is 0 Å². The molecule has 0 saturated carbocycles. The van der Waals surface area contributed by atoms with Crippen molar-refractivity contribution in [2.45, 2.75) is 78.6 Å². The molecule has 0 bridgehead atoms. The third-order valence-corrected chi connectivity index (χ3v) is 5.19. The number of rotatable bonds is 6. The number of hydrogen-bond donors (Lipinski definition) is 1. The molecule has 0 aromatic heterocycles. The molecule has 2 heteroatoms. The average Bonchev–Trinajstić information content (AvgIpc) is 2.37. The van der Waals surface area contributed by atoms with Crippen molar-refractivity contribution in [3.8, 4) is 5.75 Å². The maximum atomic E-state index is 10.2. The summed E-state index contributed by atoms with van der Waals surface area (Å²) in [5.74, 6) is 2.88. The van der Waals surface area contributed by atoms with E-state index in [2.05, 4.69) is 60.2 Å². The first-order valence-electron chi connectivity index (χ1n) is 8.52. The van der Waals surface area contributed by atoms with Gasteiger partial charge in [0.1, 0.15) is 5.75 Å². The summed E-state index contributed by atoms with van der Waals surface area (Å²) in [6.07, 6.45) is 3.57. The molecule has 0 fully saturated rings. The average molecular weight is 323 g/mol. The fourth-order valence-corrected chi connectivity index (χ4v) is 3.70. The molecule has 0 aliphatic heterocycles. The number of thioether (sulfide) groups is 1. The molecule has 1 aromatic rings. The molecule has 126 valence electrons. The van der Waals surface area contributed by atoms with E-state index in [1.807, 2.05) is 12.1 Å². The topological polar surface area (TPSA) is 20.2 Å². The predicted octanol–water partition coefficient (Wildman–Crippen LogP) is 6.06. The van der Waals surface area contributed by atoms with Crippen LogP contribution in [-0.4, -0.2) is 16.6 Å². The molecule has 0 spiro atoms. The van der Waals surface area contributed by atoms with E-state index in [4.69, 9.17) is 0 Å². The third kappa shape index (κ3) is 5.53. The number of phenols is 1. The molecule has 1 rings (SSSR count). The zero-order valence-electron chi connectivity index (χ0n) is 15.5.